The molecule has 2 rings (SSSR count). The molecule has 0 aliphatic heterocycles. The van der Waals surface area contributed by atoms with Gasteiger partial charge >= 0.3 is 5.97 Å². The molecule has 8 heteroatoms. The number of carbonyl (C=O) groups excluding carboxylic acids is 2. The highest BCUT2D eigenvalue weighted by Crippen LogP contribution is 2.16. The first-order valence-corrected chi connectivity index (χ1v) is 7.97. The Morgan fingerprint density at radius 3 is 2.40 bits per heavy atom. The molecule has 25 heavy (non-hydrogen) atoms. The van der Waals surface area contributed by atoms with Crippen LogP contribution in [0.1, 0.15) is 49.3 Å². The predicted molar refractivity (Wildman–Crippen MR) is 90.9 cm³/mol. The molecule has 1 aromatic heterocycles. The number of H-pyrrole nitrogens is 1. The van der Waals surface area contributed by atoms with Gasteiger partial charge in [-0.15, -0.1) is 10.2 Å². The average molecular weight is 344 g/mol. The third-order valence-electron chi connectivity index (χ3n) is 3.51. The minimum atomic E-state index is -0.492. The van der Waals surface area contributed by atoms with Crippen LogP contribution in [0.25, 0.3) is 11.4 Å². The number of nitrogens with zero attached hydrogens (tertiary/aromatic N) is 2. The maximum Gasteiger partial charge on any atom is 0.338 e. The molecule has 0 spiro atoms. The summed E-state index contributed by atoms with van der Waals surface area (Å²) < 4.78 is 4.92. The Morgan fingerprint density at radius 1 is 1.20 bits per heavy atom. The Hall–Kier alpha value is -3.03. The van der Waals surface area contributed by atoms with Gasteiger partial charge in [-0.25, -0.2) is 4.79 Å². The molecule has 1 atom stereocenters. The van der Waals surface area contributed by atoms with Gasteiger partial charge < -0.3 is 15.0 Å². The van der Waals surface area contributed by atoms with Crippen LogP contribution in [0.3, 0.4) is 0 Å². The fourth-order valence-corrected chi connectivity index (χ4v) is 2.29. The molecule has 2 N–H and O–H groups in total. The van der Waals surface area contributed by atoms with E-state index in [1.54, 1.807) is 31.2 Å². The Bertz CT molecular complexity index is 814. The predicted octanol–water partition coefficient (Wildman–Crippen LogP) is 1.60. The minimum absolute atomic E-state index is 0.157. The molecule has 1 unspecified atom stereocenters. The lowest BCUT2D eigenvalue weighted by Crippen LogP contribution is -2.32. The van der Waals surface area contributed by atoms with Crippen LogP contribution in [-0.4, -0.2) is 33.7 Å². The molecular formula is C17H20N4O4. The molecule has 1 amide bonds. The maximum absolute atomic E-state index is 12.3. The molecule has 0 fully saturated rings. The van der Waals surface area contributed by atoms with Gasteiger partial charge in [-0.05, 0) is 25.5 Å². The van der Waals surface area contributed by atoms with E-state index in [1.165, 1.54) is 6.92 Å². The molecule has 132 valence electrons. The van der Waals surface area contributed by atoms with Crippen molar-refractivity contribution in [2.75, 3.05) is 6.61 Å². The van der Waals surface area contributed by atoms with Crippen LogP contribution in [0.15, 0.2) is 29.1 Å². The normalized spacial score (nSPS) is 11.6. The summed E-state index contributed by atoms with van der Waals surface area (Å²) in [4.78, 5) is 37.8. The molecule has 0 aliphatic carbocycles. The number of ether oxygens (including phenoxy) is 1. The summed E-state index contributed by atoms with van der Waals surface area (Å²) >= 11 is 0. The number of carbonyl (C=O) groups is 2. The first kappa shape index (κ1) is 18.3. The molecule has 2 aromatic rings. The van der Waals surface area contributed by atoms with Crippen molar-refractivity contribution in [1.82, 2.24) is 20.5 Å². The van der Waals surface area contributed by atoms with E-state index in [2.05, 4.69) is 20.5 Å². The lowest BCUT2D eigenvalue weighted by atomic mass is 10.1. The zero-order valence-electron chi connectivity index (χ0n) is 14.3. The summed E-state index contributed by atoms with van der Waals surface area (Å²) in [5, 5.41) is 10.7. The van der Waals surface area contributed by atoms with Gasteiger partial charge in [-0.3, -0.25) is 9.59 Å². The standard InChI is InChI=1S/C17H20N4O4/c1-4-13(18-10(3)22)14-16(23)19-15(21-20-14)11-6-8-12(9-7-11)17(24)25-5-2/h6-9,13H,4-5H2,1-3H3,(H,18,22)(H,19,21,23). The van der Waals surface area contributed by atoms with Crippen molar-refractivity contribution in [3.05, 3.63) is 45.9 Å². The van der Waals surface area contributed by atoms with Crippen molar-refractivity contribution in [3.8, 4) is 11.4 Å². The van der Waals surface area contributed by atoms with Crippen LogP contribution in [0, 0.1) is 0 Å². The van der Waals surface area contributed by atoms with E-state index < -0.39 is 17.6 Å². The molecule has 1 heterocycles. The largest absolute Gasteiger partial charge is 0.462 e. The zero-order chi connectivity index (χ0) is 18.4. The molecule has 0 bridgehead atoms. The van der Waals surface area contributed by atoms with E-state index in [0.717, 1.165) is 0 Å². The van der Waals surface area contributed by atoms with Gasteiger partial charge in [-0.2, -0.15) is 0 Å². The van der Waals surface area contributed by atoms with Crippen LogP contribution < -0.4 is 10.9 Å². The quantitative estimate of drug-likeness (QED) is 0.769. The first-order valence-electron chi connectivity index (χ1n) is 7.97. The Labute approximate surface area is 144 Å². The average Bonchev–Trinajstić information content (AvgIpc) is 2.60. The van der Waals surface area contributed by atoms with Crippen molar-refractivity contribution in [3.63, 3.8) is 0 Å². The topological polar surface area (TPSA) is 114 Å². The molecule has 0 saturated heterocycles. The summed E-state index contributed by atoms with van der Waals surface area (Å²) in [7, 11) is 0. The highest BCUT2D eigenvalue weighted by atomic mass is 16.5. The summed E-state index contributed by atoms with van der Waals surface area (Å²) in [5.41, 5.74) is 0.760. The second-order valence-electron chi connectivity index (χ2n) is 5.35. The van der Waals surface area contributed by atoms with E-state index in [4.69, 9.17) is 4.74 Å². The summed E-state index contributed by atoms with van der Waals surface area (Å²) in [6, 6.07) is 5.99. The summed E-state index contributed by atoms with van der Waals surface area (Å²) in [6.07, 6.45) is 0.519. The van der Waals surface area contributed by atoms with Crippen LogP contribution in [0.4, 0.5) is 0 Å². The van der Waals surface area contributed by atoms with Crippen molar-refractivity contribution in [2.24, 2.45) is 0 Å². The van der Waals surface area contributed by atoms with Gasteiger partial charge in [0, 0.05) is 12.5 Å². The van der Waals surface area contributed by atoms with Crippen molar-refractivity contribution in [1.29, 1.82) is 0 Å². The summed E-state index contributed by atoms with van der Waals surface area (Å²) in [5.74, 6) is -0.376. The fourth-order valence-electron chi connectivity index (χ4n) is 2.29. The number of nitrogens with one attached hydrogen (secondary N) is 2. The molecule has 0 saturated carbocycles. The van der Waals surface area contributed by atoms with Gasteiger partial charge in [0.25, 0.3) is 5.56 Å². The highest BCUT2D eigenvalue weighted by molar-refractivity contribution is 5.89. The second kappa shape index (κ2) is 8.18. The molecule has 1 aromatic carbocycles. The van der Waals surface area contributed by atoms with E-state index >= 15 is 0 Å². The molecule has 8 nitrogen and oxygen atoms in total. The number of rotatable bonds is 6. The van der Waals surface area contributed by atoms with Crippen LogP contribution in [0.5, 0.6) is 0 Å². The lowest BCUT2D eigenvalue weighted by Gasteiger charge is -2.13. The smallest absolute Gasteiger partial charge is 0.338 e. The van der Waals surface area contributed by atoms with E-state index in [9.17, 15) is 14.4 Å². The summed E-state index contributed by atoms with van der Waals surface area (Å²) in [6.45, 7) is 5.25. The van der Waals surface area contributed by atoms with Gasteiger partial charge in [0.1, 0.15) is 0 Å². The first-order chi connectivity index (χ1) is 12.0. The minimum Gasteiger partial charge on any atom is -0.462 e. The molecule has 0 aliphatic rings. The number of esters is 1. The van der Waals surface area contributed by atoms with Crippen LogP contribution in [-0.2, 0) is 9.53 Å². The van der Waals surface area contributed by atoms with Crippen molar-refractivity contribution in [2.45, 2.75) is 33.2 Å². The molecule has 0 radical (unpaired) electrons. The Balaban J connectivity index is 2.26. The van der Waals surface area contributed by atoms with E-state index in [0.29, 0.717) is 24.2 Å². The van der Waals surface area contributed by atoms with Gasteiger partial charge in [-0.1, -0.05) is 19.1 Å². The van der Waals surface area contributed by atoms with Crippen LogP contribution in [0.2, 0.25) is 0 Å². The number of aromatic nitrogens is 3. The van der Waals surface area contributed by atoms with Crippen molar-refractivity contribution >= 4 is 11.9 Å². The number of benzene rings is 1. The van der Waals surface area contributed by atoms with Gasteiger partial charge in [0.15, 0.2) is 11.5 Å². The maximum atomic E-state index is 12.3. The third-order valence-corrected chi connectivity index (χ3v) is 3.51. The van der Waals surface area contributed by atoms with Crippen LogP contribution >= 0.6 is 0 Å². The Kier molecular flexibility index (Phi) is 5.99. The van der Waals surface area contributed by atoms with E-state index in [1.807, 2.05) is 6.92 Å². The van der Waals surface area contributed by atoms with Gasteiger partial charge in [0.05, 0.1) is 18.2 Å². The SMILES string of the molecule is CCOC(=O)c1ccc(-c2nnc(C(CC)NC(C)=O)c(=O)[nH]2)cc1. The van der Waals surface area contributed by atoms with Crippen molar-refractivity contribution < 1.29 is 14.3 Å². The zero-order valence-corrected chi connectivity index (χ0v) is 14.3. The second-order valence-corrected chi connectivity index (χ2v) is 5.35. The van der Waals surface area contributed by atoms with Gasteiger partial charge in [0.2, 0.25) is 5.91 Å². The Morgan fingerprint density at radius 2 is 1.88 bits per heavy atom. The number of hydrogen-bond acceptors (Lipinski definition) is 6. The van der Waals surface area contributed by atoms with E-state index in [-0.39, 0.29) is 17.4 Å². The number of hydrogen-bond donors (Lipinski definition) is 2. The molecular weight excluding hydrogens is 324 g/mol. The number of amides is 1. The fraction of sp³-hybridized carbons (Fsp3) is 0.353. The third kappa shape index (κ3) is 4.50. The highest BCUT2D eigenvalue weighted by Gasteiger charge is 2.17. The number of aromatic amines is 1. The monoisotopic (exact) mass is 344 g/mol. The lowest BCUT2D eigenvalue weighted by molar-refractivity contribution is -0.119.